The van der Waals surface area contributed by atoms with Gasteiger partial charge in [-0.3, -0.25) is 14.5 Å². The van der Waals surface area contributed by atoms with E-state index in [9.17, 15) is 14.9 Å². The lowest BCUT2D eigenvalue weighted by Crippen LogP contribution is -2.56. The minimum absolute atomic E-state index is 0.0354. The van der Waals surface area contributed by atoms with Gasteiger partial charge in [0.15, 0.2) is 5.84 Å². The van der Waals surface area contributed by atoms with E-state index in [-0.39, 0.29) is 23.7 Å². The zero-order valence-corrected chi connectivity index (χ0v) is 27.4. The Morgan fingerprint density at radius 3 is 2.63 bits per heavy atom. The molecular formula is C34H43N9O2S. The maximum absolute atomic E-state index is 13.9. The lowest BCUT2D eigenvalue weighted by atomic mass is 9.72. The number of piperazine rings is 1. The Bertz CT molecular complexity index is 1630. The van der Waals surface area contributed by atoms with Crippen molar-refractivity contribution in [3.63, 3.8) is 0 Å². The number of thiophene rings is 1. The van der Waals surface area contributed by atoms with E-state index in [1.165, 1.54) is 43.1 Å². The number of carbonyl (C=O) groups is 2. The molecule has 46 heavy (non-hydrogen) atoms. The molecule has 0 aromatic carbocycles. The zero-order valence-electron chi connectivity index (χ0n) is 26.6. The van der Waals surface area contributed by atoms with Gasteiger partial charge >= 0.3 is 0 Å². The molecule has 3 unspecified atom stereocenters. The van der Waals surface area contributed by atoms with Gasteiger partial charge in [-0.05, 0) is 51.2 Å². The molecule has 12 heteroatoms. The molecule has 2 aromatic heterocycles. The second-order valence-corrected chi connectivity index (χ2v) is 14.8. The number of likely N-dealkylation sites (tertiary alicyclic amines) is 1. The molecule has 4 N–H and O–H groups in total. The van der Waals surface area contributed by atoms with Gasteiger partial charge in [0.05, 0.1) is 17.0 Å². The summed E-state index contributed by atoms with van der Waals surface area (Å²) in [6.45, 7) is 11.5. The van der Waals surface area contributed by atoms with Crippen LogP contribution in [0.1, 0.15) is 67.1 Å². The van der Waals surface area contributed by atoms with E-state index in [1.807, 2.05) is 17.9 Å². The zero-order chi connectivity index (χ0) is 32.2. The van der Waals surface area contributed by atoms with E-state index >= 15 is 0 Å². The molecule has 1 saturated carbocycles. The number of aliphatic imine (C=N–C) groups is 1. The highest BCUT2D eigenvalue weighted by molar-refractivity contribution is 7.16. The van der Waals surface area contributed by atoms with Gasteiger partial charge in [-0.1, -0.05) is 19.4 Å². The van der Waals surface area contributed by atoms with Crippen LogP contribution in [0, 0.1) is 17.2 Å². The van der Waals surface area contributed by atoms with Crippen LogP contribution in [-0.4, -0.2) is 90.3 Å². The predicted molar refractivity (Wildman–Crippen MR) is 181 cm³/mol. The fourth-order valence-corrected chi connectivity index (χ4v) is 9.58. The van der Waals surface area contributed by atoms with E-state index in [4.69, 9.17) is 16.5 Å². The van der Waals surface area contributed by atoms with Gasteiger partial charge < -0.3 is 26.2 Å². The van der Waals surface area contributed by atoms with Crippen molar-refractivity contribution >= 4 is 45.5 Å². The molecule has 0 radical (unpaired) electrons. The number of aromatic nitrogens is 1. The average Bonchev–Trinajstić information content (AvgIpc) is 3.79. The maximum Gasteiger partial charge on any atom is 0.258 e. The number of nitrogens with two attached hydrogens (primary N) is 2. The van der Waals surface area contributed by atoms with Crippen LogP contribution in [0.3, 0.4) is 0 Å². The summed E-state index contributed by atoms with van der Waals surface area (Å²) in [6, 6.07) is 7.17. The highest BCUT2D eigenvalue weighted by Gasteiger charge is 2.47. The van der Waals surface area contributed by atoms with Crippen molar-refractivity contribution < 1.29 is 9.59 Å². The molecular weight excluding hydrogens is 599 g/mol. The van der Waals surface area contributed by atoms with Crippen LogP contribution < -0.4 is 21.3 Å². The molecule has 242 valence electrons. The third kappa shape index (κ3) is 5.23. The summed E-state index contributed by atoms with van der Waals surface area (Å²) in [7, 11) is 0. The van der Waals surface area contributed by atoms with Gasteiger partial charge in [-0.25, -0.2) is 4.98 Å². The molecule has 11 nitrogen and oxygen atoms in total. The average molecular weight is 642 g/mol. The lowest BCUT2D eigenvalue weighted by Gasteiger charge is -2.45. The fourth-order valence-electron chi connectivity index (χ4n) is 8.39. The number of aryl methyl sites for hydroxylation is 1. The second kappa shape index (κ2) is 12.0. The summed E-state index contributed by atoms with van der Waals surface area (Å²) < 4.78 is 0. The molecule has 3 atom stereocenters. The minimum atomic E-state index is -0.982. The van der Waals surface area contributed by atoms with E-state index in [1.54, 1.807) is 0 Å². The number of hydrogen-bond acceptors (Lipinski definition) is 9. The van der Waals surface area contributed by atoms with Crippen LogP contribution in [0.4, 0.5) is 16.5 Å². The van der Waals surface area contributed by atoms with Gasteiger partial charge in [0.1, 0.15) is 22.6 Å². The standard InChI is InChI=1S/C34H43N9O2S/c1-3-29(44)42-18-21-19-43(26(21)20-42)23-15-25(38-28(16-23)41-13-11-40(12-14-41)22-7-4-5-8-22)31(36)39-33(45)34(2)10-6-9-27-30(34)24(17-35)32(37)46-27/h3,15-16,21-22,26H,1,4-14,18-20,37H2,2H3,(H2,36,39,45). The number of pyridine rings is 1. The molecule has 5 heterocycles. The van der Waals surface area contributed by atoms with Gasteiger partial charge in [-0.2, -0.15) is 10.3 Å². The summed E-state index contributed by atoms with van der Waals surface area (Å²) in [6.07, 6.45) is 8.78. The number of amides is 2. The Morgan fingerprint density at radius 1 is 1.15 bits per heavy atom. The molecule has 3 saturated heterocycles. The van der Waals surface area contributed by atoms with Crippen LogP contribution in [-0.2, 0) is 21.4 Å². The Kier molecular flexibility index (Phi) is 8.01. The number of hydrogen-bond donors (Lipinski definition) is 2. The Balaban J connectivity index is 1.19. The van der Waals surface area contributed by atoms with Crippen molar-refractivity contribution in [1.82, 2.24) is 14.8 Å². The quantitative estimate of drug-likeness (QED) is 0.276. The van der Waals surface area contributed by atoms with Crippen molar-refractivity contribution in [2.75, 3.05) is 61.3 Å². The molecule has 4 fully saturated rings. The number of nitriles is 1. The first kappa shape index (κ1) is 30.7. The molecule has 5 aliphatic rings. The topological polar surface area (TPSA) is 148 Å². The molecule has 0 bridgehead atoms. The highest BCUT2D eigenvalue weighted by Crippen LogP contribution is 2.46. The van der Waals surface area contributed by atoms with Crippen LogP contribution in [0.25, 0.3) is 0 Å². The Morgan fingerprint density at radius 2 is 1.91 bits per heavy atom. The third-order valence-electron chi connectivity index (χ3n) is 11.0. The first-order valence-electron chi connectivity index (χ1n) is 16.6. The summed E-state index contributed by atoms with van der Waals surface area (Å²) >= 11 is 1.39. The lowest BCUT2D eigenvalue weighted by molar-refractivity contribution is -0.125. The van der Waals surface area contributed by atoms with Crippen LogP contribution in [0.5, 0.6) is 0 Å². The smallest absolute Gasteiger partial charge is 0.258 e. The van der Waals surface area contributed by atoms with E-state index in [0.717, 1.165) is 68.5 Å². The summed E-state index contributed by atoms with van der Waals surface area (Å²) in [4.78, 5) is 45.9. The fraction of sp³-hybridized carbons (Fsp3) is 0.559. The van der Waals surface area contributed by atoms with Crippen molar-refractivity contribution in [3.8, 4) is 6.07 Å². The third-order valence-corrected chi connectivity index (χ3v) is 12.1. The van der Waals surface area contributed by atoms with Crippen LogP contribution in [0.2, 0.25) is 0 Å². The van der Waals surface area contributed by atoms with E-state index in [2.05, 4.69) is 38.4 Å². The maximum atomic E-state index is 13.9. The number of rotatable bonds is 6. The molecule has 3 aliphatic heterocycles. The molecule has 2 aromatic rings. The molecule has 2 aliphatic carbocycles. The highest BCUT2D eigenvalue weighted by atomic mass is 32.1. The van der Waals surface area contributed by atoms with Crippen molar-refractivity contribution in [2.45, 2.75) is 69.4 Å². The number of amidine groups is 1. The van der Waals surface area contributed by atoms with Crippen molar-refractivity contribution in [2.24, 2.45) is 16.6 Å². The summed E-state index contributed by atoms with van der Waals surface area (Å²) in [5, 5.41) is 10.3. The molecule has 7 rings (SSSR count). The van der Waals surface area contributed by atoms with E-state index < -0.39 is 5.41 Å². The largest absolute Gasteiger partial charge is 0.389 e. The van der Waals surface area contributed by atoms with Crippen LogP contribution >= 0.6 is 11.3 Å². The minimum Gasteiger partial charge on any atom is -0.389 e. The second-order valence-electron chi connectivity index (χ2n) is 13.7. The predicted octanol–water partition coefficient (Wildman–Crippen LogP) is 3.02. The van der Waals surface area contributed by atoms with Crippen molar-refractivity contribution in [1.29, 1.82) is 5.26 Å². The first-order chi connectivity index (χ1) is 22.2. The van der Waals surface area contributed by atoms with Gasteiger partial charge in [0.2, 0.25) is 5.91 Å². The number of carbonyl (C=O) groups excluding carboxylic acids is 2. The summed E-state index contributed by atoms with van der Waals surface area (Å²) in [5.74, 6) is 0.886. The monoisotopic (exact) mass is 641 g/mol. The molecule has 0 spiro atoms. The number of nitrogen functional groups attached to an aromatic ring is 1. The summed E-state index contributed by atoms with van der Waals surface area (Å²) in [5.41, 5.74) is 14.4. The number of anilines is 3. The number of fused-ring (bicyclic) bond motifs is 2. The number of nitrogens with zero attached hydrogens (tertiary/aromatic N) is 7. The van der Waals surface area contributed by atoms with Crippen molar-refractivity contribution in [3.05, 3.63) is 46.5 Å². The van der Waals surface area contributed by atoms with Crippen LogP contribution in [0.15, 0.2) is 29.8 Å². The van der Waals surface area contributed by atoms with Gasteiger partial charge in [0, 0.05) is 80.0 Å². The van der Waals surface area contributed by atoms with E-state index in [0.29, 0.717) is 46.7 Å². The normalized spacial score (nSPS) is 26.8. The Labute approximate surface area is 274 Å². The SMILES string of the molecule is C=CC(=O)N1CC2CN(c3cc(C(N)=NC(=O)C4(C)CCCc5sc(N)c(C#N)c54)nc(N4CCN(C5CCCC5)CC4)c3)C2C1. The molecule has 2 amide bonds. The van der Waals surface area contributed by atoms with Gasteiger partial charge in [-0.15, -0.1) is 11.3 Å². The van der Waals surface area contributed by atoms with Gasteiger partial charge in [0.25, 0.3) is 5.91 Å². The first-order valence-corrected chi connectivity index (χ1v) is 17.4. The Hall–Kier alpha value is -3.95.